The maximum absolute atomic E-state index is 5.36. The van der Waals surface area contributed by atoms with Gasteiger partial charge in [-0.05, 0) is 13.0 Å². The van der Waals surface area contributed by atoms with Crippen LogP contribution in [0.15, 0.2) is 18.6 Å². The van der Waals surface area contributed by atoms with E-state index in [1.165, 1.54) is 6.33 Å². The summed E-state index contributed by atoms with van der Waals surface area (Å²) in [6.07, 6.45) is 4.25. The van der Waals surface area contributed by atoms with Crippen LogP contribution in [0.2, 0.25) is 0 Å². The second kappa shape index (κ2) is 5.46. The third-order valence-corrected chi connectivity index (χ3v) is 2.66. The molecule has 0 bridgehead atoms. The molecule has 0 aromatic carbocycles. The normalized spacial score (nSPS) is 10.4. The van der Waals surface area contributed by atoms with E-state index in [2.05, 4.69) is 25.8 Å². The standard InChI is InChI=1S/C11H17N7/c1-8-10(14-7-15-11(8)16-12)13-5-3-9-4-6-18(2)17-9/h4,6-7H,3,5,12H2,1-2H3,(H2,13,14,15,16). The topological polar surface area (TPSA) is 93.7 Å². The van der Waals surface area contributed by atoms with Crippen molar-refractivity contribution in [2.24, 2.45) is 12.9 Å². The van der Waals surface area contributed by atoms with Crippen molar-refractivity contribution in [1.82, 2.24) is 19.7 Å². The predicted octanol–water partition coefficient (Wildman–Crippen LogP) is 0.459. The number of anilines is 2. The summed E-state index contributed by atoms with van der Waals surface area (Å²) in [6.45, 7) is 2.68. The SMILES string of the molecule is Cc1c(NN)ncnc1NCCc1ccn(C)n1. The molecule has 18 heavy (non-hydrogen) atoms. The highest BCUT2D eigenvalue weighted by molar-refractivity contribution is 5.55. The average Bonchev–Trinajstić information content (AvgIpc) is 2.77. The quantitative estimate of drug-likeness (QED) is 0.525. The first kappa shape index (κ1) is 12.3. The highest BCUT2D eigenvalue weighted by Crippen LogP contribution is 2.16. The van der Waals surface area contributed by atoms with Gasteiger partial charge in [0.1, 0.15) is 18.0 Å². The molecule has 7 nitrogen and oxygen atoms in total. The van der Waals surface area contributed by atoms with Gasteiger partial charge >= 0.3 is 0 Å². The molecule has 96 valence electrons. The molecule has 0 aliphatic rings. The maximum Gasteiger partial charge on any atom is 0.148 e. The van der Waals surface area contributed by atoms with E-state index in [1.54, 1.807) is 4.68 Å². The highest BCUT2D eigenvalue weighted by Gasteiger charge is 2.05. The fraction of sp³-hybridized carbons (Fsp3) is 0.364. The lowest BCUT2D eigenvalue weighted by molar-refractivity contribution is 0.741. The van der Waals surface area contributed by atoms with Gasteiger partial charge in [-0.15, -0.1) is 0 Å². The lowest BCUT2D eigenvalue weighted by Crippen LogP contribution is -2.13. The van der Waals surface area contributed by atoms with Crippen molar-refractivity contribution in [3.63, 3.8) is 0 Å². The van der Waals surface area contributed by atoms with Crippen LogP contribution in [0.3, 0.4) is 0 Å². The zero-order valence-electron chi connectivity index (χ0n) is 10.5. The first-order valence-corrected chi connectivity index (χ1v) is 5.71. The number of aromatic nitrogens is 4. The smallest absolute Gasteiger partial charge is 0.148 e. The van der Waals surface area contributed by atoms with E-state index in [9.17, 15) is 0 Å². The zero-order chi connectivity index (χ0) is 13.0. The van der Waals surface area contributed by atoms with E-state index >= 15 is 0 Å². The van der Waals surface area contributed by atoms with Crippen LogP contribution in [-0.2, 0) is 13.5 Å². The van der Waals surface area contributed by atoms with Crippen LogP contribution in [0.25, 0.3) is 0 Å². The van der Waals surface area contributed by atoms with Crippen LogP contribution in [-0.4, -0.2) is 26.3 Å². The zero-order valence-corrected chi connectivity index (χ0v) is 10.5. The largest absolute Gasteiger partial charge is 0.369 e. The Morgan fingerprint density at radius 2 is 2.11 bits per heavy atom. The number of hydrogen-bond donors (Lipinski definition) is 3. The summed E-state index contributed by atoms with van der Waals surface area (Å²) < 4.78 is 1.79. The lowest BCUT2D eigenvalue weighted by Gasteiger charge is -2.10. The molecule has 0 atom stereocenters. The van der Waals surface area contributed by atoms with E-state index < -0.39 is 0 Å². The van der Waals surface area contributed by atoms with Gasteiger partial charge in [0, 0.05) is 31.8 Å². The molecule has 0 saturated carbocycles. The maximum atomic E-state index is 5.36. The van der Waals surface area contributed by atoms with Crippen molar-refractivity contribution < 1.29 is 0 Å². The van der Waals surface area contributed by atoms with Crippen molar-refractivity contribution in [3.8, 4) is 0 Å². The van der Waals surface area contributed by atoms with Crippen molar-refractivity contribution in [1.29, 1.82) is 0 Å². The lowest BCUT2D eigenvalue weighted by atomic mass is 10.3. The van der Waals surface area contributed by atoms with Gasteiger partial charge in [-0.2, -0.15) is 5.10 Å². The summed E-state index contributed by atoms with van der Waals surface area (Å²) in [5, 5.41) is 7.56. The predicted molar refractivity (Wildman–Crippen MR) is 70.0 cm³/mol. The fourth-order valence-electron chi connectivity index (χ4n) is 1.68. The Morgan fingerprint density at radius 1 is 1.33 bits per heavy atom. The van der Waals surface area contributed by atoms with Gasteiger partial charge in [0.25, 0.3) is 0 Å². The third kappa shape index (κ3) is 2.75. The van der Waals surface area contributed by atoms with Crippen LogP contribution >= 0.6 is 0 Å². The fourth-order valence-corrected chi connectivity index (χ4v) is 1.68. The number of aryl methyl sites for hydroxylation is 1. The van der Waals surface area contributed by atoms with Crippen LogP contribution in [0.5, 0.6) is 0 Å². The van der Waals surface area contributed by atoms with Gasteiger partial charge < -0.3 is 10.7 Å². The molecule has 7 heteroatoms. The molecule has 4 N–H and O–H groups in total. The van der Waals surface area contributed by atoms with Crippen molar-refractivity contribution in [2.45, 2.75) is 13.3 Å². The molecule has 2 aromatic rings. The van der Waals surface area contributed by atoms with Crippen molar-refractivity contribution in [2.75, 3.05) is 17.3 Å². The number of nitrogen functional groups attached to an aromatic ring is 1. The molecule has 0 radical (unpaired) electrons. The minimum absolute atomic E-state index is 0.630. The molecular formula is C11H17N7. The second-order valence-corrected chi connectivity index (χ2v) is 4.00. The number of nitrogens with two attached hydrogens (primary N) is 1. The van der Waals surface area contributed by atoms with Crippen molar-refractivity contribution in [3.05, 3.63) is 29.8 Å². The molecule has 0 fully saturated rings. The molecule has 0 aliphatic carbocycles. The van der Waals surface area contributed by atoms with Crippen LogP contribution in [0, 0.1) is 6.92 Å². The van der Waals surface area contributed by atoms with Crippen molar-refractivity contribution >= 4 is 11.6 Å². The summed E-state index contributed by atoms with van der Waals surface area (Å²) in [4.78, 5) is 8.20. The van der Waals surface area contributed by atoms with Gasteiger partial charge in [-0.25, -0.2) is 15.8 Å². The van der Waals surface area contributed by atoms with Gasteiger partial charge in [-0.3, -0.25) is 4.68 Å². The number of nitrogens with one attached hydrogen (secondary N) is 2. The van der Waals surface area contributed by atoms with Gasteiger partial charge in [-0.1, -0.05) is 0 Å². The Bertz CT molecular complexity index is 520. The van der Waals surface area contributed by atoms with E-state index in [1.807, 2.05) is 26.2 Å². The second-order valence-electron chi connectivity index (χ2n) is 4.00. The number of hydrazine groups is 1. The summed E-state index contributed by atoms with van der Waals surface area (Å²) in [7, 11) is 1.91. The summed E-state index contributed by atoms with van der Waals surface area (Å²) in [5.41, 5.74) is 4.49. The Hall–Kier alpha value is -2.15. The van der Waals surface area contributed by atoms with Gasteiger partial charge in [0.2, 0.25) is 0 Å². The number of nitrogens with zero attached hydrogens (tertiary/aromatic N) is 4. The third-order valence-electron chi connectivity index (χ3n) is 2.66. The van der Waals surface area contributed by atoms with E-state index in [0.717, 1.165) is 30.0 Å². The molecule has 0 spiro atoms. The summed E-state index contributed by atoms with van der Waals surface area (Å²) in [5.74, 6) is 6.78. The molecule has 2 rings (SSSR count). The molecule has 0 unspecified atom stereocenters. The Morgan fingerprint density at radius 3 is 2.78 bits per heavy atom. The Labute approximate surface area is 105 Å². The first-order valence-electron chi connectivity index (χ1n) is 5.71. The average molecular weight is 247 g/mol. The molecule has 0 amide bonds. The van der Waals surface area contributed by atoms with Crippen LogP contribution in [0.4, 0.5) is 11.6 Å². The molecule has 0 aliphatic heterocycles. The van der Waals surface area contributed by atoms with E-state index in [-0.39, 0.29) is 0 Å². The highest BCUT2D eigenvalue weighted by atomic mass is 15.3. The monoisotopic (exact) mass is 247 g/mol. The Kier molecular flexibility index (Phi) is 3.73. The van der Waals surface area contributed by atoms with Gasteiger partial charge in [0.15, 0.2) is 0 Å². The van der Waals surface area contributed by atoms with Crippen LogP contribution in [0.1, 0.15) is 11.3 Å². The number of rotatable bonds is 5. The number of hydrogen-bond acceptors (Lipinski definition) is 6. The minimum atomic E-state index is 0.630. The molecule has 2 heterocycles. The van der Waals surface area contributed by atoms with Gasteiger partial charge in [0.05, 0.1) is 5.69 Å². The molecule has 2 aromatic heterocycles. The van der Waals surface area contributed by atoms with E-state index in [0.29, 0.717) is 5.82 Å². The van der Waals surface area contributed by atoms with E-state index in [4.69, 9.17) is 5.84 Å². The summed E-state index contributed by atoms with van der Waals surface area (Å²) >= 11 is 0. The van der Waals surface area contributed by atoms with Crippen LogP contribution < -0.4 is 16.6 Å². The summed E-state index contributed by atoms with van der Waals surface area (Å²) in [6, 6.07) is 2.00. The minimum Gasteiger partial charge on any atom is -0.369 e. The molecule has 0 saturated heterocycles. The molecular weight excluding hydrogens is 230 g/mol. The Balaban J connectivity index is 1.94. The first-order chi connectivity index (χ1) is 8.70.